The van der Waals surface area contributed by atoms with Crippen LogP contribution in [0.2, 0.25) is 0 Å². The summed E-state index contributed by atoms with van der Waals surface area (Å²) in [6.07, 6.45) is 0. The van der Waals surface area contributed by atoms with Crippen LogP contribution in [-0.4, -0.2) is 25.1 Å². The molecule has 0 aliphatic carbocycles. The molecular formula is C37H29AlN2O3. The number of pyridine rings is 2. The molecule has 0 saturated heterocycles. The Morgan fingerprint density at radius 2 is 0.977 bits per heavy atom. The van der Waals surface area contributed by atoms with E-state index in [1.54, 1.807) is 0 Å². The molecule has 0 N–H and O–H groups in total. The molecule has 0 fully saturated rings. The van der Waals surface area contributed by atoms with E-state index in [4.69, 9.17) is 21.3 Å². The number of hydrogen-bond acceptors (Lipinski definition) is 5. The van der Waals surface area contributed by atoms with Crippen molar-refractivity contribution in [1.82, 2.24) is 9.97 Å². The van der Waals surface area contributed by atoms with Gasteiger partial charge in [-0.2, -0.15) is 0 Å². The highest BCUT2D eigenvalue weighted by molar-refractivity contribution is 6.40. The number of nitrogens with zero attached hydrogens (tertiary/aromatic N) is 2. The highest BCUT2D eigenvalue weighted by atomic mass is 27.3. The van der Waals surface area contributed by atoms with E-state index in [9.17, 15) is 0 Å². The molecule has 0 aliphatic rings. The van der Waals surface area contributed by atoms with E-state index in [0.717, 1.165) is 49.5 Å². The Bertz CT molecular complexity index is 2020. The molecule has 0 radical (unpaired) electrons. The average Bonchev–Trinajstić information content (AvgIpc) is 3.02. The second-order valence-electron chi connectivity index (χ2n) is 10.8. The zero-order valence-corrected chi connectivity index (χ0v) is 25.4. The second-order valence-corrected chi connectivity index (χ2v) is 12.0. The van der Waals surface area contributed by atoms with E-state index in [2.05, 4.69) is 67.6 Å². The van der Waals surface area contributed by atoms with Gasteiger partial charge in [-0.15, -0.1) is 0 Å². The van der Waals surface area contributed by atoms with Crippen LogP contribution in [-0.2, 0) is 0 Å². The highest BCUT2D eigenvalue weighted by Crippen LogP contribution is 2.33. The molecule has 0 aliphatic heterocycles. The summed E-state index contributed by atoms with van der Waals surface area (Å²) in [6, 6.07) is 41.0. The first-order chi connectivity index (χ1) is 21.0. The van der Waals surface area contributed by atoms with E-state index < -0.39 is 15.1 Å². The third kappa shape index (κ3) is 5.63. The van der Waals surface area contributed by atoms with Crippen molar-refractivity contribution in [2.75, 3.05) is 0 Å². The Labute approximate surface area is 255 Å². The van der Waals surface area contributed by atoms with Crippen molar-refractivity contribution in [2.24, 2.45) is 0 Å². The molecule has 0 bridgehead atoms. The van der Waals surface area contributed by atoms with E-state index in [-0.39, 0.29) is 0 Å². The van der Waals surface area contributed by atoms with Gasteiger partial charge in [0.25, 0.3) is 0 Å². The summed E-state index contributed by atoms with van der Waals surface area (Å²) < 4.78 is 19.9. The van der Waals surface area contributed by atoms with Crippen LogP contribution in [0.3, 0.4) is 0 Å². The molecule has 0 saturated carbocycles. The molecular weight excluding hydrogens is 547 g/mol. The van der Waals surface area contributed by atoms with Crippen LogP contribution in [0.1, 0.15) is 17.0 Å². The van der Waals surface area contributed by atoms with Crippen molar-refractivity contribution < 1.29 is 11.4 Å². The zero-order valence-electron chi connectivity index (χ0n) is 24.2. The van der Waals surface area contributed by atoms with Crippen LogP contribution in [0.25, 0.3) is 43.7 Å². The molecule has 5 nitrogen and oxygen atoms in total. The first-order valence-electron chi connectivity index (χ1n) is 14.3. The van der Waals surface area contributed by atoms with Gasteiger partial charge < -0.3 is 11.4 Å². The maximum absolute atomic E-state index is 6.69. The van der Waals surface area contributed by atoms with Crippen molar-refractivity contribution >= 4 is 47.7 Å². The van der Waals surface area contributed by atoms with E-state index in [1.807, 2.05) is 74.5 Å². The van der Waals surface area contributed by atoms with Gasteiger partial charge in [0.2, 0.25) is 0 Å². The van der Waals surface area contributed by atoms with E-state index in [0.29, 0.717) is 17.2 Å². The molecule has 43 heavy (non-hydrogen) atoms. The van der Waals surface area contributed by atoms with Crippen LogP contribution in [0.15, 0.2) is 121 Å². The topological polar surface area (TPSA) is 53.5 Å². The fraction of sp³-hybridized carbons (Fsp3) is 0.0811. The van der Waals surface area contributed by atoms with Gasteiger partial charge >= 0.3 is 15.1 Å². The summed E-state index contributed by atoms with van der Waals surface area (Å²) in [5, 5.41) is 4.05. The molecule has 0 unspecified atom stereocenters. The number of fused-ring (bicyclic) bond motifs is 3. The lowest BCUT2D eigenvalue weighted by Gasteiger charge is -2.19. The molecule has 6 heteroatoms. The molecule has 7 rings (SSSR count). The highest BCUT2D eigenvalue weighted by Gasteiger charge is 2.45. The normalized spacial score (nSPS) is 11.1. The van der Waals surface area contributed by atoms with Crippen LogP contribution in [0.4, 0.5) is 0 Å². The SMILES string of the molecule is Cc1ccc(-c2ccc3c([O][Al]([O]c4cccc5ccc(C)nc45)[O]c4cccc5ccc(C)nc45)cccc3c2)cc1. The van der Waals surface area contributed by atoms with Gasteiger partial charge in [0.1, 0.15) is 22.5 Å². The molecule has 0 amide bonds. The van der Waals surface area contributed by atoms with Crippen LogP contribution < -0.4 is 11.4 Å². The van der Waals surface area contributed by atoms with Gasteiger partial charge in [0.05, 0.1) is 5.75 Å². The fourth-order valence-electron chi connectivity index (χ4n) is 5.29. The van der Waals surface area contributed by atoms with Crippen LogP contribution in [0, 0.1) is 20.8 Å². The predicted octanol–water partition coefficient (Wildman–Crippen LogP) is 9.05. The van der Waals surface area contributed by atoms with Crippen molar-refractivity contribution in [1.29, 1.82) is 0 Å². The number of hydrogen-bond donors (Lipinski definition) is 0. The minimum atomic E-state index is -2.93. The third-order valence-electron chi connectivity index (χ3n) is 7.54. The summed E-state index contributed by atoms with van der Waals surface area (Å²) in [4.78, 5) is 9.54. The Kier molecular flexibility index (Phi) is 7.16. The molecule has 7 aromatic rings. The first kappa shape index (κ1) is 27.0. The minimum Gasteiger partial charge on any atom is -0.577 e. The number of aromatic nitrogens is 2. The number of benzene rings is 5. The summed E-state index contributed by atoms with van der Waals surface area (Å²) in [5.41, 5.74) is 6.95. The number of para-hydroxylation sites is 2. The molecule has 2 aromatic heterocycles. The Balaban J connectivity index is 1.29. The van der Waals surface area contributed by atoms with Crippen molar-refractivity contribution in [2.45, 2.75) is 20.8 Å². The Morgan fingerprint density at radius 1 is 0.465 bits per heavy atom. The smallest absolute Gasteiger partial charge is 0.577 e. The average molecular weight is 577 g/mol. The van der Waals surface area contributed by atoms with Crippen LogP contribution >= 0.6 is 0 Å². The molecule has 5 aromatic carbocycles. The Hall–Kier alpha value is -4.89. The van der Waals surface area contributed by atoms with E-state index >= 15 is 0 Å². The Morgan fingerprint density at radius 3 is 1.58 bits per heavy atom. The second kappa shape index (κ2) is 11.4. The fourth-order valence-corrected chi connectivity index (χ4v) is 6.64. The lowest BCUT2D eigenvalue weighted by Crippen LogP contribution is -2.37. The monoisotopic (exact) mass is 576 g/mol. The largest absolute Gasteiger partial charge is 1.20 e. The van der Waals surface area contributed by atoms with Gasteiger partial charge in [-0.05, 0) is 73.7 Å². The van der Waals surface area contributed by atoms with E-state index in [1.165, 1.54) is 11.1 Å². The summed E-state index contributed by atoms with van der Waals surface area (Å²) in [7, 11) is 0. The first-order valence-corrected chi connectivity index (χ1v) is 15.7. The van der Waals surface area contributed by atoms with Crippen LogP contribution in [0.5, 0.6) is 17.2 Å². The van der Waals surface area contributed by atoms with Gasteiger partial charge in [-0.1, -0.05) is 90.5 Å². The number of rotatable bonds is 7. The van der Waals surface area contributed by atoms with Crippen molar-refractivity contribution in [3.63, 3.8) is 0 Å². The van der Waals surface area contributed by atoms with Crippen molar-refractivity contribution in [3.8, 4) is 28.4 Å². The van der Waals surface area contributed by atoms with Gasteiger partial charge in [-0.3, -0.25) is 0 Å². The minimum absolute atomic E-state index is 0.629. The lowest BCUT2D eigenvalue weighted by molar-refractivity contribution is 0.311. The molecule has 0 spiro atoms. The van der Waals surface area contributed by atoms with Crippen molar-refractivity contribution in [3.05, 3.63) is 138 Å². The summed E-state index contributed by atoms with van der Waals surface area (Å²) >= 11 is -2.93. The molecule has 2 heterocycles. The maximum Gasteiger partial charge on any atom is 1.20 e. The maximum atomic E-state index is 6.69. The van der Waals surface area contributed by atoms with Gasteiger partial charge in [-0.25, -0.2) is 9.97 Å². The lowest BCUT2D eigenvalue weighted by atomic mass is 10.0. The van der Waals surface area contributed by atoms with Gasteiger partial charge in [0, 0.05) is 27.5 Å². The molecule has 0 atom stereocenters. The van der Waals surface area contributed by atoms with Gasteiger partial charge in [0.15, 0.2) is 0 Å². The standard InChI is InChI=1S/C17H14O.2C10H9NO.Al/c1-12-5-7-13(8-6-12)14-9-10-16-15(11-14)3-2-4-17(16)18;2*1-7-5-6-8-3-2-4-9(12)10(8)11-7;/h2-11,18H,1H3;2*2-6,12H,1H3;/q;;;+3/p-3. The number of aryl methyl sites for hydroxylation is 3. The third-order valence-corrected chi connectivity index (χ3v) is 8.88. The quantitative estimate of drug-likeness (QED) is 0.177. The summed E-state index contributed by atoms with van der Waals surface area (Å²) in [6.45, 7) is 6.05. The predicted molar refractivity (Wildman–Crippen MR) is 175 cm³/mol. The zero-order chi connectivity index (χ0) is 29.3. The summed E-state index contributed by atoms with van der Waals surface area (Å²) in [5.74, 6) is 1.96. The molecule has 208 valence electrons.